The maximum atomic E-state index is 12.3. The third kappa shape index (κ3) is 3.24. The Hall–Kier alpha value is -0.850. The zero-order valence-corrected chi connectivity index (χ0v) is 15.9. The summed E-state index contributed by atoms with van der Waals surface area (Å²) in [7, 11) is 0. The highest BCUT2D eigenvalue weighted by atomic mass is 79.9. The molecular weight excluding hydrogens is 437 g/mol. The van der Waals surface area contributed by atoms with Crippen LogP contribution < -0.4 is 0 Å². The van der Waals surface area contributed by atoms with Gasteiger partial charge in [0.15, 0.2) is 3.23 Å². The lowest BCUT2D eigenvalue weighted by Gasteiger charge is -2.46. The topological polar surface area (TPSA) is 46.6 Å². The highest BCUT2D eigenvalue weighted by Crippen LogP contribution is 2.48. The molecule has 1 atom stereocenters. The third-order valence-electron chi connectivity index (χ3n) is 3.15. The number of carbonyl (C=O) groups excluding carboxylic acids is 2. The largest absolute Gasteiger partial charge is 0.456 e. The third-order valence-corrected chi connectivity index (χ3v) is 5.75. The fourth-order valence-electron chi connectivity index (χ4n) is 2.01. The number of likely N-dealkylation sites (tertiary alicyclic amines) is 1. The second kappa shape index (κ2) is 6.72. The predicted octanol–water partition coefficient (Wildman–Crippen LogP) is 3.92. The first kappa shape index (κ1) is 17.5. The number of esters is 1. The Kier molecular flexibility index (Phi) is 5.35. The van der Waals surface area contributed by atoms with Gasteiger partial charge in [0.1, 0.15) is 17.8 Å². The molecule has 0 saturated carbocycles. The van der Waals surface area contributed by atoms with Crippen molar-refractivity contribution in [2.24, 2.45) is 0 Å². The number of amides is 1. The number of β-lactam (4-membered cyclic amide) rings is 1. The molecule has 0 N–H and O–H groups in total. The fourth-order valence-corrected chi connectivity index (χ4v) is 3.08. The van der Waals surface area contributed by atoms with Gasteiger partial charge in [0, 0.05) is 0 Å². The number of nitrogens with zero attached hydrogens (tertiary/aromatic N) is 1. The van der Waals surface area contributed by atoms with E-state index in [0.29, 0.717) is 5.57 Å². The van der Waals surface area contributed by atoms with Crippen LogP contribution in [0.15, 0.2) is 41.6 Å². The zero-order valence-electron chi connectivity index (χ0n) is 12.0. The number of rotatable bonds is 4. The van der Waals surface area contributed by atoms with E-state index in [4.69, 9.17) is 16.3 Å². The molecule has 22 heavy (non-hydrogen) atoms. The van der Waals surface area contributed by atoms with Crippen LogP contribution in [0.5, 0.6) is 0 Å². The average Bonchev–Trinajstić information content (AvgIpc) is 2.50. The Morgan fingerprint density at radius 2 is 1.91 bits per heavy atom. The summed E-state index contributed by atoms with van der Waals surface area (Å²) < 4.78 is 4.25. The molecule has 7 heteroatoms. The van der Waals surface area contributed by atoms with Gasteiger partial charge in [0.25, 0.3) is 5.91 Å². The maximum absolute atomic E-state index is 12.3. The molecule has 1 aromatic carbocycles. The lowest BCUT2D eigenvalue weighted by Crippen LogP contribution is -2.65. The number of hydrogen-bond donors (Lipinski definition) is 0. The van der Waals surface area contributed by atoms with Crippen LogP contribution in [0.1, 0.15) is 19.4 Å². The van der Waals surface area contributed by atoms with E-state index in [1.54, 1.807) is 13.8 Å². The van der Waals surface area contributed by atoms with Gasteiger partial charge in [-0.05, 0) is 25.0 Å². The molecule has 1 heterocycles. The van der Waals surface area contributed by atoms with Gasteiger partial charge in [-0.1, -0.05) is 73.8 Å². The molecule has 1 saturated heterocycles. The summed E-state index contributed by atoms with van der Waals surface area (Å²) >= 11 is 12.6. The molecule has 0 bridgehead atoms. The molecule has 2 rings (SSSR count). The molecule has 0 aliphatic carbocycles. The molecule has 0 spiro atoms. The van der Waals surface area contributed by atoms with Crippen LogP contribution in [-0.2, 0) is 20.9 Å². The molecule has 1 aliphatic heterocycles. The second-order valence-electron chi connectivity index (χ2n) is 5.04. The van der Waals surface area contributed by atoms with Crippen molar-refractivity contribution in [2.45, 2.75) is 29.2 Å². The SMILES string of the molecule is CC(C)=C(C(=O)OCc1ccccc1)N1C(=O)C(Br)(Br)C1Cl. The monoisotopic (exact) mass is 449 g/mol. The highest BCUT2D eigenvalue weighted by Gasteiger charge is 2.59. The van der Waals surface area contributed by atoms with Crippen LogP contribution in [0.2, 0.25) is 0 Å². The molecule has 4 nitrogen and oxygen atoms in total. The Morgan fingerprint density at radius 1 is 1.32 bits per heavy atom. The Morgan fingerprint density at radius 3 is 2.41 bits per heavy atom. The number of hydrogen-bond acceptors (Lipinski definition) is 3. The van der Waals surface area contributed by atoms with Crippen LogP contribution in [0.25, 0.3) is 0 Å². The number of ether oxygens (including phenoxy) is 1. The van der Waals surface area contributed by atoms with Crippen LogP contribution in [0.4, 0.5) is 0 Å². The molecule has 1 aromatic rings. The first-order valence-corrected chi connectivity index (χ1v) is 8.53. The van der Waals surface area contributed by atoms with Crippen molar-refractivity contribution in [3.05, 3.63) is 47.2 Å². The van der Waals surface area contributed by atoms with E-state index in [2.05, 4.69) is 31.9 Å². The van der Waals surface area contributed by atoms with Crippen molar-refractivity contribution in [3.63, 3.8) is 0 Å². The molecule has 1 fully saturated rings. The average molecular weight is 452 g/mol. The lowest BCUT2D eigenvalue weighted by molar-refractivity contribution is -0.150. The van der Waals surface area contributed by atoms with E-state index in [0.717, 1.165) is 5.56 Å². The minimum Gasteiger partial charge on any atom is -0.456 e. The van der Waals surface area contributed by atoms with Crippen molar-refractivity contribution in [3.8, 4) is 0 Å². The van der Waals surface area contributed by atoms with Crippen molar-refractivity contribution in [1.82, 2.24) is 4.90 Å². The standard InChI is InChI=1S/C15H14Br2ClNO3/c1-9(2)11(19-13(18)15(16,17)14(19)21)12(20)22-8-10-6-4-3-5-7-10/h3-7,13H,8H2,1-2H3. The van der Waals surface area contributed by atoms with Crippen molar-refractivity contribution in [2.75, 3.05) is 0 Å². The van der Waals surface area contributed by atoms with Gasteiger partial charge >= 0.3 is 5.97 Å². The lowest BCUT2D eigenvalue weighted by atomic mass is 10.1. The molecular formula is C15H14Br2ClNO3. The minimum absolute atomic E-state index is 0.138. The summed E-state index contributed by atoms with van der Waals surface area (Å²) in [6.45, 7) is 3.61. The maximum Gasteiger partial charge on any atom is 0.355 e. The Balaban J connectivity index is 2.12. The fraction of sp³-hybridized carbons (Fsp3) is 0.333. The zero-order chi connectivity index (χ0) is 16.5. The van der Waals surface area contributed by atoms with Gasteiger partial charge in [-0.25, -0.2) is 4.79 Å². The summed E-state index contributed by atoms with van der Waals surface area (Å²) in [5, 5.41) is 0. The second-order valence-corrected chi connectivity index (χ2v) is 9.02. The van der Waals surface area contributed by atoms with Gasteiger partial charge in [0.05, 0.1) is 0 Å². The Bertz CT molecular complexity index is 627. The highest BCUT2D eigenvalue weighted by molar-refractivity contribution is 9.26. The van der Waals surface area contributed by atoms with Crippen LogP contribution in [0.3, 0.4) is 0 Å². The normalized spacial score (nSPS) is 19.4. The first-order valence-electron chi connectivity index (χ1n) is 6.51. The van der Waals surface area contributed by atoms with Gasteiger partial charge in [-0.2, -0.15) is 0 Å². The van der Waals surface area contributed by atoms with E-state index in [9.17, 15) is 9.59 Å². The van der Waals surface area contributed by atoms with Gasteiger partial charge in [-0.15, -0.1) is 0 Å². The van der Waals surface area contributed by atoms with Crippen molar-refractivity contribution < 1.29 is 14.3 Å². The first-order chi connectivity index (χ1) is 10.3. The van der Waals surface area contributed by atoms with Crippen LogP contribution in [-0.4, -0.2) is 25.5 Å². The molecule has 118 valence electrons. The minimum atomic E-state index is -1.04. The predicted molar refractivity (Wildman–Crippen MR) is 91.7 cm³/mol. The van der Waals surface area contributed by atoms with E-state index >= 15 is 0 Å². The van der Waals surface area contributed by atoms with Crippen molar-refractivity contribution >= 4 is 55.3 Å². The van der Waals surface area contributed by atoms with Crippen LogP contribution >= 0.6 is 43.5 Å². The summed E-state index contributed by atoms with van der Waals surface area (Å²) in [5.41, 5.74) is 0.994. The Labute approximate surface area is 150 Å². The van der Waals surface area contributed by atoms with E-state index in [1.165, 1.54) is 4.90 Å². The van der Waals surface area contributed by atoms with Crippen LogP contribution in [0, 0.1) is 0 Å². The molecule has 0 aromatic heterocycles. The van der Waals surface area contributed by atoms with E-state index in [1.807, 2.05) is 30.3 Å². The molecule has 1 amide bonds. The van der Waals surface area contributed by atoms with Gasteiger partial charge in [0.2, 0.25) is 0 Å². The van der Waals surface area contributed by atoms with E-state index in [-0.39, 0.29) is 18.2 Å². The van der Waals surface area contributed by atoms with Gasteiger partial charge < -0.3 is 4.74 Å². The summed E-state index contributed by atoms with van der Waals surface area (Å²) in [5.74, 6) is -0.904. The quantitative estimate of drug-likeness (QED) is 0.229. The van der Waals surface area contributed by atoms with Gasteiger partial charge in [-0.3, -0.25) is 9.69 Å². The van der Waals surface area contributed by atoms with E-state index < -0.39 is 14.7 Å². The smallest absolute Gasteiger partial charge is 0.355 e. The number of alkyl halides is 3. The summed E-state index contributed by atoms with van der Waals surface area (Å²) in [4.78, 5) is 25.7. The number of benzene rings is 1. The summed E-state index contributed by atoms with van der Waals surface area (Å²) in [6.07, 6.45) is 0. The molecule has 1 aliphatic rings. The number of carbonyl (C=O) groups is 2. The number of halogens is 3. The molecule has 0 radical (unpaired) electrons. The van der Waals surface area contributed by atoms with Crippen molar-refractivity contribution in [1.29, 1.82) is 0 Å². The number of allylic oxidation sites excluding steroid dienone is 1. The molecule has 1 unspecified atom stereocenters. The summed E-state index contributed by atoms with van der Waals surface area (Å²) in [6, 6.07) is 9.33.